The minimum absolute atomic E-state index is 0.377. The molecule has 0 saturated heterocycles. The normalized spacial score (nSPS) is 18.2. The summed E-state index contributed by atoms with van der Waals surface area (Å²) in [6.07, 6.45) is 10.3. The Morgan fingerprint density at radius 1 is 1.00 bits per heavy atom. The number of fused-ring (bicyclic) bond motifs is 1. The molecule has 0 aliphatic carbocycles. The summed E-state index contributed by atoms with van der Waals surface area (Å²) in [5.41, 5.74) is 0. The van der Waals surface area contributed by atoms with E-state index in [2.05, 4.69) is 26.0 Å². The fraction of sp³-hybridized carbons (Fsp3) is 0.600. The molecule has 2 atom stereocenters. The van der Waals surface area contributed by atoms with Crippen LogP contribution in [-0.2, 0) is 25.2 Å². The standard InChI is InChI=1S/C10H16P2/c1-3-9-10(4-2)12-8-6-5-7-11(9)12/h5-6H,3-4,7-8H2,1-2H3. The smallest absolute Gasteiger partial charge is 0.00771 e. The summed E-state index contributed by atoms with van der Waals surface area (Å²) in [5, 5.41) is 3.76. The maximum Gasteiger partial charge on any atom is 0.00771 e. The van der Waals surface area contributed by atoms with Crippen LogP contribution in [0.3, 0.4) is 0 Å². The van der Waals surface area contributed by atoms with Crippen molar-refractivity contribution in [2.24, 2.45) is 0 Å². The van der Waals surface area contributed by atoms with Crippen molar-refractivity contribution >= 4 is 14.4 Å². The second-order valence-corrected chi connectivity index (χ2v) is 9.54. The fourth-order valence-corrected chi connectivity index (χ4v) is 10.9. The Hall–Kier alpha value is 0.0800. The topological polar surface area (TPSA) is 0 Å². The molecule has 0 amide bonds. The largest absolute Gasteiger partial charge is 0.0962 e. The van der Waals surface area contributed by atoms with Gasteiger partial charge in [-0.2, -0.15) is 0 Å². The van der Waals surface area contributed by atoms with E-state index in [9.17, 15) is 0 Å². The van der Waals surface area contributed by atoms with Crippen molar-refractivity contribution in [2.45, 2.75) is 39.0 Å². The third-order valence-corrected chi connectivity index (χ3v) is 11.1. The average molecular weight is 198 g/mol. The van der Waals surface area contributed by atoms with Crippen molar-refractivity contribution in [1.82, 2.24) is 0 Å². The Morgan fingerprint density at radius 3 is 1.75 bits per heavy atom. The molecular weight excluding hydrogens is 182 g/mol. The summed E-state index contributed by atoms with van der Waals surface area (Å²) in [6.45, 7) is 4.66. The molecule has 2 heterocycles. The van der Waals surface area contributed by atoms with Crippen LogP contribution >= 0.6 is 14.4 Å². The molecule has 2 unspecified atom stereocenters. The summed E-state index contributed by atoms with van der Waals surface area (Å²) >= 11 is 0. The third-order valence-electron chi connectivity index (χ3n) is 2.64. The van der Waals surface area contributed by atoms with Gasteiger partial charge in [-0.1, -0.05) is 40.4 Å². The van der Waals surface area contributed by atoms with Gasteiger partial charge in [-0.3, -0.25) is 0 Å². The molecule has 0 aromatic carbocycles. The maximum atomic E-state index is 2.41. The Labute approximate surface area is 76.7 Å². The first kappa shape index (κ1) is 8.67. The Balaban J connectivity index is 2.34. The van der Waals surface area contributed by atoms with Crippen LogP contribution < -0.4 is 0 Å². The molecule has 12 heavy (non-hydrogen) atoms. The lowest BCUT2D eigenvalue weighted by Crippen LogP contribution is -1.95. The Morgan fingerprint density at radius 2 is 1.42 bits per heavy atom. The molecule has 0 fully saturated rings. The summed E-state index contributed by atoms with van der Waals surface area (Å²) < 4.78 is 0. The number of allylic oxidation sites excluding steroid dienone is 2. The predicted octanol–water partition coefficient (Wildman–Crippen LogP) is 4.35. The minimum Gasteiger partial charge on any atom is -0.0962 e. The summed E-state index contributed by atoms with van der Waals surface area (Å²) in [7, 11) is 0.753. The van der Waals surface area contributed by atoms with Gasteiger partial charge in [-0.05, 0) is 23.4 Å². The Kier molecular flexibility index (Phi) is 2.49. The van der Waals surface area contributed by atoms with Crippen LogP contribution in [-0.4, -0.2) is 0 Å². The van der Waals surface area contributed by atoms with Crippen molar-refractivity contribution in [3.05, 3.63) is 22.7 Å². The zero-order valence-electron chi connectivity index (χ0n) is 7.88. The fourth-order valence-electron chi connectivity index (χ4n) is 2.08. The monoisotopic (exact) mass is 198 g/mol. The molecule has 2 heteroatoms. The van der Waals surface area contributed by atoms with Crippen molar-refractivity contribution in [3.63, 3.8) is 0 Å². The van der Waals surface area contributed by atoms with Crippen molar-refractivity contribution in [2.75, 3.05) is 0 Å². The summed E-state index contributed by atoms with van der Waals surface area (Å²) in [5.74, 6) is 0. The van der Waals surface area contributed by atoms with E-state index in [-0.39, 0.29) is 0 Å². The van der Waals surface area contributed by atoms with E-state index in [1.807, 2.05) is 10.6 Å². The van der Waals surface area contributed by atoms with E-state index in [1.165, 1.54) is 25.2 Å². The van der Waals surface area contributed by atoms with Gasteiger partial charge < -0.3 is 0 Å². The van der Waals surface area contributed by atoms with Crippen LogP contribution in [0.2, 0.25) is 0 Å². The predicted molar refractivity (Wildman–Crippen MR) is 59.8 cm³/mol. The van der Waals surface area contributed by atoms with Gasteiger partial charge in [0.25, 0.3) is 0 Å². The molecule has 1 aliphatic heterocycles. The average Bonchev–Trinajstić information content (AvgIpc) is 2.08. The van der Waals surface area contributed by atoms with Gasteiger partial charge in [-0.25, -0.2) is 0 Å². The molecule has 0 radical (unpaired) electrons. The lowest BCUT2D eigenvalue weighted by molar-refractivity contribution is 1.09. The lowest BCUT2D eigenvalue weighted by atomic mass is 10.3. The molecule has 66 valence electrons. The zero-order chi connectivity index (χ0) is 8.55. The Bertz CT molecular complexity index is 272. The second kappa shape index (κ2) is 3.44. The molecule has 0 N–H and O–H groups in total. The van der Waals surface area contributed by atoms with Crippen LogP contribution in [0.15, 0.2) is 12.2 Å². The van der Waals surface area contributed by atoms with Gasteiger partial charge in [0.05, 0.1) is 0 Å². The highest BCUT2D eigenvalue weighted by molar-refractivity contribution is 8.11. The lowest BCUT2D eigenvalue weighted by Gasteiger charge is -2.28. The first-order valence-electron chi connectivity index (χ1n) is 4.80. The number of rotatable bonds is 2. The van der Waals surface area contributed by atoms with Gasteiger partial charge in [0, 0.05) is 12.3 Å². The highest BCUT2D eigenvalue weighted by Gasteiger charge is 2.19. The maximum absolute atomic E-state index is 2.41. The van der Waals surface area contributed by atoms with E-state index in [0.717, 1.165) is 0 Å². The van der Waals surface area contributed by atoms with Crippen LogP contribution in [0.25, 0.3) is 0 Å². The number of hydrogen-bond acceptors (Lipinski definition) is 0. The molecule has 1 aromatic rings. The molecule has 1 aliphatic rings. The van der Waals surface area contributed by atoms with E-state index >= 15 is 0 Å². The van der Waals surface area contributed by atoms with Gasteiger partial charge in [0.15, 0.2) is 0 Å². The molecule has 0 bridgehead atoms. The van der Waals surface area contributed by atoms with Crippen LogP contribution in [0.5, 0.6) is 0 Å². The van der Waals surface area contributed by atoms with Gasteiger partial charge >= 0.3 is 0 Å². The van der Waals surface area contributed by atoms with Gasteiger partial charge in [-0.15, -0.1) is 0 Å². The highest BCUT2D eigenvalue weighted by atomic mass is 31.9. The van der Waals surface area contributed by atoms with Gasteiger partial charge in [0.2, 0.25) is 0 Å². The molecule has 0 spiro atoms. The first-order chi connectivity index (χ1) is 5.88. The molecular formula is C10H16P2. The second-order valence-electron chi connectivity index (χ2n) is 3.24. The van der Waals surface area contributed by atoms with E-state index in [1.54, 1.807) is 0 Å². The van der Waals surface area contributed by atoms with Crippen LogP contribution in [0.1, 0.15) is 24.4 Å². The molecule has 0 saturated carbocycles. The first-order valence-corrected chi connectivity index (χ1v) is 8.56. The number of hydrogen-bond donors (Lipinski definition) is 0. The quantitative estimate of drug-likeness (QED) is 0.619. The highest BCUT2D eigenvalue weighted by Crippen LogP contribution is 2.67. The SMILES string of the molecule is CCc1c(CC)p2p1CC=CC2. The zero-order valence-corrected chi connectivity index (χ0v) is 9.67. The third kappa shape index (κ3) is 1.13. The van der Waals surface area contributed by atoms with Crippen molar-refractivity contribution in [1.29, 1.82) is 0 Å². The van der Waals surface area contributed by atoms with E-state index in [0.29, 0.717) is 14.4 Å². The van der Waals surface area contributed by atoms with Crippen LogP contribution in [0, 0.1) is 0 Å². The minimum atomic E-state index is 0.377. The van der Waals surface area contributed by atoms with Crippen molar-refractivity contribution < 1.29 is 0 Å². The van der Waals surface area contributed by atoms with E-state index < -0.39 is 0 Å². The van der Waals surface area contributed by atoms with Gasteiger partial charge in [0.1, 0.15) is 0 Å². The summed E-state index contributed by atoms with van der Waals surface area (Å²) in [4.78, 5) is 0. The molecule has 2 rings (SSSR count). The molecule has 1 aromatic heterocycles. The molecule has 0 nitrogen and oxygen atoms in total. The van der Waals surface area contributed by atoms with E-state index in [4.69, 9.17) is 0 Å². The summed E-state index contributed by atoms with van der Waals surface area (Å²) in [6, 6.07) is 0. The van der Waals surface area contributed by atoms with Crippen molar-refractivity contribution in [3.8, 4) is 0 Å². The van der Waals surface area contributed by atoms with Crippen LogP contribution in [0.4, 0.5) is 0 Å².